The molecule has 0 unspecified atom stereocenters. The van der Waals surface area contributed by atoms with Crippen LogP contribution in [0, 0.1) is 0 Å². The summed E-state index contributed by atoms with van der Waals surface area (Å²) in [7, 11) is 1.97. The van der Waals surface area contributed by atoms with Gasteiger partial charge in [0.25, 0.3) is 0 Å². The summed E-state index contributed by atoms with van der Waals surface area (Å²) >= 11 is 1.45. The Balaban J connectivity index is 1.32. The molecular weight excluding hydrogens is 406 g/mol. The molecule has 0 spiro atoms. The molecule has 1 amide bonds. The smallest absolute Gasteiger partial charge is 0.233 e. The molecule has 0 saturated heterocycles. The van der Waals surface area contributed by atoms with Crippen LogP contribution in [0.4, 0.5) is 0 Å². The molecule has 2 aromatic carbocycles. The Morgan fingerprint density at radius 1 is 1.06 bits per heavy atom. The number of hydrogen-bond donors (Lipinski definition) is 0. The Morgan fingerprint density at radius 3 is 2.68 bits per heavy atom. The fourth-order valence-electron chi connectivity index (χ4n) is 4.29. The minimum Gasteiger partial charge on any atom is -0.347 e. The molecule has 1 aliphatic rings. The van der Waals surface area contributed by atoms with E-state index in [1.807, 2.05) is 28.6 Å². The van der Waals surface area contributed by atoms with Crippen molar-refractivity contribution in [2.24, 2.45) is 7.05 Å². The highest BCUT2D eigenvalue weighted by atomic mass is 32.2. The van der Waals surface area contributed by atoms with Gasteiger partial charge in [-0.1, -0.05) is 54.2 Å². The van der Waals surface area contributed by atoms with E-state index in [0.717, 1.165) is 36.1 Å². The molecule has 4 aromatic rings. The highest BCUT2D eigenvalue weighted by Gasteiger charge is 2.22. The van der Waals surface area contributed by atoms with Crippen LogP contribution in [0.15, 0.2) is 59.9 Å². The van der Waals surface area contributed by atoms with Crippen LogP contribution >= 0.6 is 11.8 Å². The molecule has 0 fully saturated rings. The number of aryl methyl sites for hydroxylation is 1. The summed E-state index contributed by atoms with van der Waals surface area (Å²) in [6.07, 6.45) is 3.06. The number of fused-ring (bicyclic) bond motifs is 2. The lowest BCUT2D eigenvalue weighted by Gasteiger charge is -2.28. The topological polar surface area (TPSA) is 56.0 Å². The molecule has 0 bridgehead atoms. The number of amides is 1. The first-order valence-corrected chi connectivity index (χ1v) is 11.6. The van der Waals surface area contributed by atoms with Crippen molar-refractivity contribution in [3.05, 3.63) is 65.9 Å². The molecule has 31 heavy (non-hydrogen) atoms. The van der Waals surface area contributed by atoms with Crippen LogP contribution in [0.1, 0.15) is 18.1 Å². The van der Waals surface area contributed by atoms with Crippen molar-refractivity contribution in [1.82, 2.24) is 24.2 Å². The van der Waals surface area contributed by atoms with Crippen molar-refractivity contribution in [3.63, 3.8) is 0 Å². The van der Waals surface area contributed by atoms with E-state index >= 15 is 0 Å². The van der Waals surface area contributed by atoms with E-state index in [1.165, 1.54) is 33.8 Å². The molecule has 0 saturated carbocycles. The molecule has 158 valence electrons. The summed E-state index contributed by atoms with van der Waals surface area (Å²) in [5.74, 6) is 1.34. The molecule has 0 radical (unpaired) electrons. The standard InChI is InChI=1S/C24H25N5OS/c1-3-28-15-20(19-10-6-7-11-21(19)28)23-25-26-24(27(23)2)31-16-22(30)29-13-12-17-8-4-5-9-18(17)14-29/h4-11,15H,3,12-14,16H2,1-2H3. The zero-order valence-corrected chi connectivity index (χ0v) is 18.6. The lowest BCUT2D eigenvalue weighted by Crippen LogP contribution is -2.37. The number of carbonyl (C=O) groups is 1. The van der Waals surface area contributed by atoms with E-state index < -0.39 is 0 Å². The maximum Gasteiger partial charge on any atom is 0.233 e. The number of thioether (sulfide) groups is 1. The van der Waals surface area contributed by atoms with Gasteiger partial charge in [0.1, 0.15) is 0 Å². The molecule has 1 aliphatic heterocycles. The Labute approximate surface area is 185 Å². The third-order valence-electron chi connectivity index (χ3n) is 6.01. The maximum absolute atomic E-state index is 12.8. The van der Waals surface area contributed by atoms with Crippen LogP contribution in [0.25, 0.3) is 22.3 Å². The Hall–Kier alpha value is -3.06. The predicted molar refractivity (Wildman–Crippen MR) is 124 cm³/mol. The van der Waals surface area contributed by atoms with Crippen molar-refractivity contribution < 1.29 is 4.79 Å². The fraction of sp³-hybridized carbons (Fsp3) is 0.292. The molecule has 3 heterocycles. The van der Waals surface area contributed by atoms with Gasteiger partial charge in [0, 0.05) is 49.3 Å². The van der Waals surface area contributed by atoms with E-state index in [9.17, 15) is 4.79 Å². The summed E-state index contributed by atoms with van der Waals surface area (Å²) in [6.45, 7) is 4.50. The molecule has 0 atom stereocenters. The van der Waals surface area contributed by atoms with Crippen LogP contribution in [-0.4, -0.2) is 42.4 Å². The SMILES string of the molecule is CCn1cc(-c2nnc(SCC(=O)N3CCc4ccccc4C3)n2C)c2ccccc21. The molecular formula is C24H25N5OS. The van der Waals surface area contributed by atoms with Crippen LogP contribution in [0.5, 0.6) is 0 Å². The van der Waals surface area contributed by atoms with Gasteiger partial charge in [0.2, 0.25) is 5.91 Å². The number of nitrogens with zero attached hydrogens (tertiary/aromatic N) is 5. The Kier molecular flexibility index (Phi) is 5.28. The minimum absolute atomic E-state index is 0.145. The summed E-state index contributed by atoms with van der Waals surface area (Å²) in [6, 6.07) is 16.7. The van der Waals surface area contributed by atoms with Crippen molar-refractivity contribution in [3.8, 4) is 11.4 Å². The van der Waals surface area contributed by atoms with E-state index in [4.69, 9.17) is 0 Å². The molecule has 2 aromatic heterocycles. The fourth-order valence-corrected chi connectivity index (χ4v) is 5.10. The van der Waals surface area contributed by atoms with Crippen LogP contribution in [-0.2, 0) is 31.4 Å². The number of hydrogen-bond acceptors (Lipinski definition) is 4. The van der Waals surface area contributed by atoms with Gasteiger partial charge >= 0.3 is 0 Å². The van der Waals surface area contributed by atoms with E-state index in [2.05, 4.69) is 64.3 Å². The average Bonchev–Trinajstić information content (AvgIpc) is 3.37. The predicted octanol–water partition coefficient (Wildman–Crippen LogP) is 4.13. The lowest BCUT2D eigenvalue weighted by atomic mass is 10.00. The Morgan fingerprint density at radius 2 is 1.84 bits per heavy atom. The van der Waals surface area contributed by atoms with Crippen LogP contribution < -0.4 is 0 Å². The first-order valence-electron chi connectivity index (χ1n) is 10.6. The van der Waals surface area contributed by atoms with Gasteiger partial charge in [-0.05, 0) is 30.5 Å². The van der Waals surface area contributed by atoms with Crippen molar-refractivity contribution in [1.29, 1.82) is 0 Å². The third-order valence-corrected chi connectivity index (χ3v) is 7.02. The zero-order valence-electron chi connectivity index (χ0n) is 17.8. The molecule has 6 nitrogen and oxygen atoms in total. The quantitative estimate of drug-likeness (QED) is 0.446. The van der Waals surface area contributed by atoms with E-state index in [-0.39, 0.29) is 5.91 Å². The highest BCUT2D eigenvalue weighted by molar-refractivity contribution is 7.99. The number of benzene rings is 2. The maximum atomic E-state index is 12.8. The summed E-state index contributed by atoms with van der Waals surface area (Å²) in [5, 5.41) is 10.8. The van der Waals surface area contributed by atoms with Gasteiger partial charge in [-0.2, -0.15) is 0 Å². The summed E-state index contributed by atoms with van der Waals surface area (Å²) < 4.78 is 4.22. The van der Waals surface area contributed by atoms with Gasteiger partial charge in [0.15, 0.2) is 11.0 Å². The third kappa shape index (κ3) is 3.63. The normalized spacial score (nSPS) is 13.5. The lowest BCUT2D eigenvalue weighted by molar-refractivity contribution is -0.129. The first kappa shape index (κ1) is 19.9. The number of para-hydroxylation sites is 1. The first-order chi connectivity index (χ1) is 15.2. The van der Waals surface area contributed by atoms with Crippen molar-refractivity contribution in [2.75, 3.05) is 12.3 Å². The highest BCUT2D eigenvalue weighted by Crippen LogP contribution is 2.31. The van der Waals surface area contributed by atoms with E-state index in [0.29, 0.717) is 12.3 Å². The van der Waals surface area contributed by atoms with Crippen LogP contribution in [0.2, 0.25) is 0 Å². The number of carbonyl (C=O) groups excluding carboxylic acids is 1. The van der Waals surface area contributed by atoms with E-state index in [1.54, 1.807) is 0 Å². The van der Waals surface area contributed by atoms with Crippen molar-refractivity contribution >= 4 is 28.6 Å². The number of rotatable bonds is 5. The summed E-state index contributed by atoms with van der Waals surface area (Å²) in [4.78, 5) is 14.8. The second kappa shape index (κ2) is 8.23. The second-order valence-corrected chi connectivity index (χ2v) is 8.78. The molecule has 0 N–H and O–H groups in total. The summed E-state index contributed by atoms with van der Waals surface area (Å²) in [5.41, 5.74) is 4.86. The monoisotopic (exact) mass is 431 g/mol. The Bertz CT molecular complexity index is 1260. The van der Waals surface area contributed by atoms with Gasteiger partial charge in [-0.15, -0.1) is 10.2 Å². The average molecular weight is 432 g/mol. The molecule has 5 rings (SSSR count). The molecule has 0 aliphatic carbocycles. The van der Waals surface area contributed by atoms with Gasteiger partial charge < -0.3 is 14.0 Å². The minimum atomic E-state index is 0.145. The second-order valence-electron chi connectivity index (χ2n) is 7.83. The zero-order chi connectivity index (χ0) is 21.4. The van der Waals surface area contributed by atoms with Gasteiger partial charge in [-0.3, -0.25) is 4.79 Å². The van der Waals surface area contributed by atoms with Gasteiger partial charge in [-0.25, -0.2) is 0 Å². The van der Waals surface area contributed by atoms with Gasteiger partial charge in [0.05, 0.1) is 5.75 Å². The largest absolute Gasteiger partial charge is 0.347 e. The number of aromatic nitrogens is 4. The van der Waals surface area contributed by atoms with Crippen molar-refractivity contribution in [2.45, 2.75) is 31.6 Å². The molecule has 7 heteroatoms. The van der Waals surface area contributed by atoms with Crippen LogP contribution in [0.3, 0.4) is 0 Å².